The monoisotopic (exact) mass is 404 g/mol. The van der Waals surface area contributed by atoms with Gasteiger partial charge in [-0.2, -0.15) is 16.7 Å². The lowest BCUT2D eigenvalue weighted by molar-refractivity contribution is 0.1000. The van der Waals surface area contributed by atoms with Gasteiger partial charge in [-0.05, 0) is 30.5 Å². The number of hydrogen-bond donors (Lipinski definition) is 2. The van der Waals surface area contributed by atoms with E-state index in [1.165, 1.54) is 5.56 Å². The van der Waals surface area contributed by atoms with E-state index >= 15 is 0 Å². The lowest BCUT2D eigenvalue weighted by Gasteiger charge is -2.21. The Hall–Kier alpha value is -2.06. The molecular weight excluding hydrogens is 376 g/mol. The second-order valence-corrected chi connectivity index (χ2v) is 8.44. The molecule has 1 aliphatic rings. The number of nitrogens with one attached hydrogen (secondary N) is 2. The minimum atomic E-state index is -0.238. The van der Waals surface area contributed by atoms with Gasteiger partial charge in [0.2, 0.25) is 5.89 Å². The van der Waals surface area contributed by atoms with Crippen molar-refractivity contribution in [2.75, 3.05) is 25.1 Å². The minimum absolute atomic E-state index is 0.227. The Morgan fingerprint density at radius 3 is 2.89 bits per heavy atom. The summed E-state index contributed by atoms with van der Waals surface area (Å²) < 4.78 is 10.6. The molecule has 2 N–H and O–H groups in total. The van der Waals surface area contributed by atoms with Crippen LogP contribution in [0.3, 0.4) is 0 Å². The molecule has 1 aliphatic heterocycles. The molecule has 1 aromatic carbocycles. The Labute approximate surface area is 170 Å². The quantitative estimate of drug-likeness (QED) is 0.692. The summed E-state index contributed by atoms with van der Waals surface area (Å²) in [5.74, 6) is 2.40. The number of nitrogens with zero attached hydrogens (tertiary/aromatic N) is 2. The summed E-state index contributed by atoms with van der Waals surface area (Å²) in [6, 6.07) is 7.75. The van der Waals surface area contributed by atoms with Crippen LogP contribution in [0.4, 0.5) is 10.5 Å². The lowest BCUT2D eigenvalue weighted by atomic mass is 10.2. The molecule has 7 nitrogen and oxygen atoms in total. The van der Waals surface area contributed by atoms with Crippen LogP contribution in [0.1, 0.15) is 49.9 Å². The molecule has 0 spiro atoms. The van der Waals surface area contributed by atoms with Crippen molar-refractivity contribution in [1.29, 1.82) is 0 Å². The van der Waals surface area contributed by atoms with Crippen molar-refractivity contribution in [3.8, 4) is 0 Å². The first-order chi connectivity index (χ1) is 13.6. The topological polar surface area (TPSA) is 89.3 Å². The third-order valence-electron chi connectivity index (χ3n) is 4.46. The van der Waals surface area contributed by atoms with Crippen LogP contribution in [0.5, 0.6) is 0 Å². The average Bonchev–Trinajstić information content (AvgIpc) is 3.17. The third-order valence-corrected chi connectivity index (χ3v) is 5.91. The fourth-order valence-corrected chi connectivity index (χ4v) is 3.99. The normalized spacial score (nSPS) is 15.0. The van der Waals surface area contributed by atoms with Gasteiger partial charge in [-0.1, -0.05) is 31.1 Å². The molecule has 1 saturated heterocycles. The first-order valence-corrected chi connectivity index (χ1v) is 10.8. The maximum absolute atomic E-state index is 12.1. The van der Waals surface area contributed by atoms with Crippen molar-refractivity contribution in [2.45, 2.75) is 50.0 Å². The van der Waals surface area contributed by atoms with Gasteiger partial charge in [0.1, 0.15) is 0 Å². The summed E-state index contributed by atoms with van der Waals surface area (Å²) in [5, 5.41) is 10.3. The van der Waals surface area contributed by atoms with E-state index in [2.05, 4.69) is 26.8 Å². The highest BCUT2D eigenvalue weighted by Gasteiger charge is 2.14. The number of rotatable bonds is 8. The highest BCUT2D eigenvalue weighted by molar-refractivity contribution is 7.99. The van der Waals surface area contributed by atoms with Crippen molar-refractivity contribution < 1.29 is 14.1 Å². The summed E-state index contributed by atoms with van der Waals surface area (Å²) in [6.07, 6.45) is 2.74. The highest BCUT2D eigenvalue weighted by Crippen LogP contribution is 2.26. The van der Waals surface area contributed by atoms with Crippen LogP contribution in [0.2, 0.25) is 0 Å². The Balaban J connectivity index is 1.40. The second-order valence-electron chi connectivity index (χ2n) is 7.16. The highest BCUT2D eigenvalue weighted by atomic mass is 32.2. The van der Waals surface area contributed by atoms with Gasteiger partial charge in [-0.3, -0.25) is 0 Å². The predicted octanol–water partition coefficient (Wildman–Crippen LogP) is 3.97. The number of hydrogen-bond acceptors (Lipinski definition) is 6. The van der Waals surface area contributed by atoms with Crippen LogP contribution in [0.15, 0.2) is 28.8 Å². The van der Waals surface area contributed by atoms with Crippen LogP contribution in [-0.4, -0.2) is 41.2 Å². The van der Waals surface area contributed by atoms with Gasteiger partial charge in [0, 0.05) is 48.8 Å². The van der Waals surface area contributed by atoms with E-state index in [0.29, 0.717) is 29.9 Å². The number of anilines is 1. The smallest absolute Gasteiger partial charge is 0.319 e. The predicted molar refractivity (Wildman–Crippen MR) is 111 cm³/mol. The molecule has 2 aromatic rings. The molecule has 8 heteroatoms. The van der Waals surface area contributed by atoms with E-state index in [0.717, 1.165) is 37.5 Å². The van der Waals surface area contributed by atoms with Gasteiger partial charge in [-0.25, -0.2) is 4.79 Å². The Kier molecular flexibility index (Phi) is 7.73. The number of amides is 2. The maximum Gasteiger partial charge on any atom is 0.319 e. The zero-order valence-corrected chi connectivity index (χ0v) is 17.3. The SMILES string of the molecule is CC(C)c1noc(CCNC(=O)Nc2cccc(CSC3CCOCC3)c2)n1. The van der Waals surface area contributed by atoms with E-state index < -0.39 is 0 Å². The van der Waals surface area contributed by atoms with Crippen molar-refractivity contribution in [3.63, 3.8) is 0 Å². The van der Waals surface area contributed by atoms with E-state index in [4.69, 9.17) is 9.26 Å². The largest absolute Gasteiger partial charge is 0.381 e. The summed E-state index contributed by atoms with van der Waals surface area (Å²) >= 11 is 1.96. The van der Waals surface area contributed by atoms with Gasteiger partial charge < -0.3 is 19.9 Å². The zero-order valence-electron chi connectivity index (χ0n) is 16.4. The number of benzene rings is 1. The molecule has 3 rings (SSSR count). The Morgan fingerprint density at radius 1 is 1.32 bits per heavy atom. The summed E-state index contributed by atoms with van der Waals surface area (Å²) in [7, 11) is 0. The van der Waals surface area contributed by atoms with Gasteiger partial charge in [0.05, 0.1) is 0 Å². The van der Waals surface area contributed by atoms with E-state index in [1.807, 2.05) is 43.8 Å². The zero-order chi connectivity index (χ0) is 19.8. The number of thioether (sulfide) groups is 1. The number of carbonyl (C=O) groups excluding carboxylic acids is 1. The third kappa shape index (κ3) is 6.53. The van der Waals surface area contributed by atoms with Crippen LogP contribution < -0.4 is 10.6 Å². The molecule has 28 heavy (non-hydrogen) atoms. The van der Waals surface area contributed by atoms with Crippen LogP contribution in [0, 0.1) is 0 Å². The summed E-state index contributed by atoms with van der Waals surface area (Å²) in [4.78, 5) is 16.4. The lowest BCUT2D eigenvalue weighted by Crippen LogP contribution is -2.30. The van der Waals surface area contributed by atoms with E-state index in [-0.39, 0.29) is 11.9 Å². The molecule has 0 aliphatic carbocycles. The first kappa shape index (κ1) is 20.7. The van der Waals surface area contributed by atoms with Crippen molar-refractivity contribution in [2.24, 2.45) is 0 Å². The van der Waals surface area contributed by atoms with E-state index in [9.17, 15) is 4.79 Å². The minimum Gasteiger partial charge on any atom is -0.381 e. The molecule has 152 valence electrons. The molecule has 0 unspecified atom stereocenters. The fourth-order valence-electron chi connectivity index (χ4n) is 2.86. The van der Waals surface area contributed by atoms with Gasteiger partial charge >= 0.3 is 6.03 Å². The number of urea groups is 1. The number of ether oxygens (including phenoxy) is 1. The van der Waals surface area contributed by atoms with Crippen LogP contribution in [0.25, 0.3) is 0 Å². The van der Waals surface area contributed by atoms with Gasteiger partial charge in [0.25, 0.3) is 0 Å². The van der Waals surface area contributed by atoms with Crippen LogP contribution in [-0.2, 0) is 16.9 Å². The molecule has 1 aromatic heterocycles. The average molecular weight is 405 g/mol. The molecule has 0 bridgehead atoms. The molecule has 0 saturated carbocycles. The second kappa shape index (κ2) is 10.5. The summed E-state index contributed by atoms with van der Waals surface area (Å²) in [5.41, 5.74) is 2.00. The number of aromatic nitrogens is 2. The Bertz CT molecular complexity index is 759. The molecular formula is C20H28N4O3S. The first-order valence-electron chi connectivity index (χ1n) is 9.76. The Morgan fingerprint density at radius 2 is 2.14 bits per heavy atom. The molecule has 2 amide bonds. The summed E-state index contributed by atoms with van der Waals surface area (Å²) in [6.45, 7) is 6.18. The van der Waals surface area contributed by atoms with E-state index in [1.54, 1.807) is 0 Å². The van der Waals surface area contributed by atoms with Gasteiger partial charge in [-0.15, -0.1) is 0 Å². The molecule has 0 atom stereocenters. The fraction of sp³-hybridized carbons (Fsp3) is 0.550. The van der Waals surface area contributed by atoms with Crippen molar-refractivity contribution in [3.05, 3.63) is 41.5 Å². The van der Waals surface area contributed by atoms with Gasteiger partial charge in [0.15, 0.2) is 5.82 Å². The van der Waals surface area contributed by atoms with Crippen LogP contribution >= 0.6 is 11.8 Å². The van der Waals surface area contributed by atoms with Crippen molar-refractivity contribution in [1.82, 2.24) is 15.5 Å². The number of carbonyl (C=O) groups is 1. The maximum atomic E-state index is 12.1. The standard InChI is InChI=1S/C20H28N4O3S/c1-14(2)19-23-18(27-24-19)6-9-21-20(25)22-16-5-3-4-15(12-16)13-28-17-7-10-26-11-8-17/h3-5,12,14,17H,6-11,13H2,1-2H3,(H2,21,22,25). The van der Waals surface area contributed by atoms with Crippen molar-refractivity contribution >= 4 is 23.5 Å². The molecule has 1 fully saturated rings. The molecule has 2 heterocycles. The molecule has 0 radical (unpaired) electrons.